The molecule has 0 heterocycles. The summed E-state index contributed by atoms with van der Waals surface area (Å²) in [5.41, 5.74) is 7.33. The molecule has 0 amide bonds. The van der Waals surface area contributed by atoms with Gasteiger partial charge in [0.1, 0.15) is 0 Å². The lowest BCUT2D eigenvalue weighted by Crippen LogP contribution is -2.18. The molecule has 1 rings (SSSR count). The zero-order chi connectivity index (χ0) is 12.2. The van der Waals surface area contributed by atoms with E-state index in [1.165, 1.54) is 0 Å². The summed E-state index contributed by atoms with van der Waals surface area (Å²) in [6.07, 6.45) is 0.656. The maximum atomic E-state index is 11.9. The Hall–Kier alpha value is -0.870. The van der Waals surface area contributed by atoms with Gasteiger partial charge in [-0.2, -0.15) is 0 Å². The summed E-state index contributed by atoms with van der Waals surface area (Å²) >= 11 is 0. The van der Waals surface area contributed by atoms with Crippen LogP contribution in [0.25, 0.3) is 0 Å². The van der Waals surface area contributed by atoms with Crippen LogP contribution in [-0.2, 0) is 22.1 Å². The van der Waals surface area contributed by atoms with E-state index < -0.39 is 9.84 Å². The summed E-state index contributed by atoms with van der Waals surface area (Å²) in [6.45, 7) is 4.13. The molecule has 1 atom stereocenters. The van der Waals surface area contributed by atoms with Crippen molar-refractivity contribution in [1.82, 2.24) is 0 Å². The van der Waals surface area contributed by atoms with Crippen molar-refractivity contribution in [1.29, 1.82) is 0 Å². The predicted octanol–water partition coefficient (Wildman–Crippen LogP) is 1.86. The van der Waals surface area contributed by atoms with E-state index in [-0.39, 0.29) is 11.0 Å². The first-order valence-corrected chi connectivity index (χ1v) is 7.20. The second kappa shape index (κ2) is 5.46. The fraction of sp³-hybridized carbons (Fsp3) is 0.500. The molecule has 4 heteroatoms. The molecule has 0 saturated heterocycles. The van der Waals surface area contributed by atoms with Gasteiger partial charge in [0.25, 0.3) is 0 Å². The maximum Gasteiger partial charge on any atom is 0.157 e. The first kappa shape index (κ1) is 13.2. The molecule has 90 valence electrons. The Bertz CT molecular complexity index is 423. The second-order valence-electron chi connectivity index (χ2n) is 4.05. The molecule has 1 unspecified atom stereocenters. The van der Waals surface area contributed by atoms with Gasteiger partial charge in [0.15, 0.2) is 9.84 Å². The molecule has 0 spiro atoms. The van der Waals surface area contributed by atoms with Crippen LogP contribution in [-0.4, -0.2) is 13.7 Å². The van der Waals surface area contributed by atoms with E-state index in [4.69, 9.17) is 5.73 Å². The van der Waals surface area contributed by atoms with Crippen LogP contribution in [0.15, 0.2) is 24.3 Å². The van der Waals surface area contributed by atoms with E-state index in [1.807, 2.05) is 31.2 Å². The first-order valence-electron chi connectivity index (χ1n) is 5.49. The standard InChI is InChI=1S/C12H19NO2S/c1-3-10(2)16(14,15)9-12-6-4-11(8-13)5-7-12/h4-7,10H,3,8-9,13H2,1-2H3. The third-order valence-corrected chi connectivity index (χ3v) is 5.11. The van der Waals surface area contributed by atoms with Gasteiger partial charge in [-0.1, -0.05) is 31.2 Å². The molecule has 0 aliphatic rings. The molecule has 0 aromatic heterocycles. The first-order chi connectivity index (χ1) is 7.49. The van der Waals surface area contributed by atoms with Gasteiger partial charge in [-0.25, -0.2) is 8.42 Å². The van der Waals surface area contributed by atoms with Crippen LogP contribution in [0.2, 0.25) is 0 Å². The lowest BCUT2D eigenvalue weighted by atomic mass is 10.1. The number of sulfone groups is 1. The number of hydrogen-bond acceptors (Lipinski definition) is 3. The minimum absolute atomic E-state index is 0.118. The van der Waals surface area contributed by atoms with E-state index in [9.17, 15) is 8.42 Å². The second-order valence-corrected chi connectivity index (χ2v) is 6.47. The molecule has 1 aromatic rings. The van der Waals surface area contributed by atoms with E-state index >= 15 is 0 Å². The summed E-state index contributed by atoms with van der Waals surface area (Å²) in [5.74, 6) is 0.118. The van der Waals surface area contributed by atoms with Crippen molar-refractivity contribution in [2.75, 3.05) is 0 Å². The Labute approximate surface area is 97.6 Å². The van der Waals surface area contributed by atoms with Crippen molar-refractivity contribution in [2.45, 2.75) is 37.8 Å². The SMILES string of the molecule is CCC(C)S(=O)(=O)Cc1ccc(CN)cc1. The maximum absolute atomic E-state index is 11.9. The van der Waals surface area contributed by atoms with Crippen molar-refractivity contribution in [3.05, 3.63) is 35.4 Å². The number of benzene rings is 1. The van der Waals surface area contributed by atoms with Crippen molar-refractivity contribution < 1.29 is 8.42 Å². The third-order valence-electron chi connectivity index (χ3n) is 2.81. The highest BCUT2D eigenvalue weighted by atomic mass is 32.2. The van der Waals surface area contributed by atoms with Crippen molar-refractivity contribution in [2.24, 2.45) is 5.73 Å². The molecule has 16 heavy (non-hydrogen) atoms. The van der Waals surface area contributed by atoms with Crippen molar-refractivity contribution >= 4 is 9.84 Å². The molecule has 1 aromatic carbocycles. The molecule has 0 bridgehead atoms. The number of rotatable bonds is 5. The van der Waals surface area contributed by atoms with E-state index in [1.54, 1.807) is 6.92 Å². The zero-order valence-electron chi connectivity index (χ0n) is 9.81. The van der Waals surface area contributed by atoms with E-state index in [0.717, 1.165) is 11.1 Å². The Morgan fingerprint density at radius 2 is 1.69 bits per heavy atom. The molecular weight excluding hydrogens is 222 g/mol. The molecule has 3 nitrogen and oxygen atoms in total. The van der Waals surface area contributed by atoms with Crippen molar-refractivity contribution in [3.8, 4) is 0 Å². The summed E-state index contributed by atoms with van der Waals surface area (Å²) < 4.78 is 23.7. The van der Waals surface area contributed by atoms with Gasteiger partial charge in [-0.3, -0.25) is 0 Å². The average Bonchev–Trinajstić information content (AvgIpc) is 2.28. The Balaban J connectivity index is 2.80. The van der Waals surface area contributed by atoms with Crippen LogP contribution in [0, 0.1) is 0 Å². The average molecular weight is 241 g/mol. The van der Waals surface area contributed by atoms with Gasteiger partial charge in [0, 0.05) is 6.54 Å². The van der Waals surface area contributed by atoms with E-state index in [2.05, 4.69) is 0 Å². The van der Waals surface area contributed by atoms with Gasteiger partial charge < -0.3 is 5.73 Å². The van der Waals surface area contributed by atoms with Crippen LogP contribution in [0.4, 0.5) is 0 Å². The van der Waals surface area contributed by atoms with Crippen LogP contribution in [0.5, 0.6) is 0 Å². The van der Waals surface area contributed by atoms with E-state index in [0.29, 0.717) is 13.0 Å². The third kappa shape index (κ3) is 3.32. The molecule has 0 aliphatic carbocycles. The molecule has 0 radical (unpaired) electrons. The summed E-state index contributed by atoms with van der Waals surface area (Å²) in [7, 11) is -3.01. The topological polar surface area (TPSA) is 60.2 Å². The van der Waals surface area contributed by atoms with Gasteiger partial charge in [0.2, 0.25) is 0 Å². The highest BCUT2D eigenvalue weighted by Gasteiger charge is 2.19. The monoisotopic (exact) mass is 241 g/mol. The summed E-state index contributed by atoms with van der Waals surface area (Å²) in [6, 6.07) is 7.42. The van der Waals surface area contributed by atoms with Crippen LogP contribution < -0.4 is 5.73 Å². The molecular formula is C12H19NO2S. The fourth-order valence-corrected chi connectivity index (χ4v) is 2.85. The highest BCUT2D eigenvalue weighted by Crippen LogP contribution is 2.14. The number of nitrogens with two attached hydrogens (primary N) is 1. The van der Waals surface area contributed by atoms with Crippen LogP contribution in [0.3, 0.4) is 0 Å². The van der Waals surface area contributed by atoms with Crippen molar-refractivity contribution in [3.63, 3.8) is 0 Å². The molecule has 0 aliphatic heterocycles. The lowest BCUT2D eigenvalue weighted by Gasteiger charge is -2.10. The largest absolute Gasteiger partial charge is 0.326 e. The molecule has 0 saturated carbocycles. The highest BCUT2D eigenvalue weighted by molar-refractivity contribution is 7.91. The Morgan fingerprint density at radius 3 is 2.12 bits per heavy atom. The lowest BCUT2D eigenvalue weighted by molar-refractivity contribution is 0.580. The normalized spacial score (nSPS) is 13.7. The van der Waals surface area contributed by atoms with Gasteiger partial charge in [0.05, 0.1) is 11.0 Å². The Morgan fingerprint density at radius 1 is 1.19 bits per heavy atom. The summed E-state index contributed by atoms with van der Waals surface area (Å²) in [4.78, 5) is 0. The number of hydrogen-bond donors (Lipinski definition) is 1. The molecule has 2 N–H and O–H groups in total. The minimum atomic E-state index is -3.01. The zero-order valence-corrected chi connectivity index (χ0v) is 10.6. The fourth-order valence-electron chi connectivity index (χ4n) is 1.40. The molecule has 0 fully saturated rings. The van der Waals surface area contributed by atoms with Crippen LogP contribution >= 0.6 is 0 Å². The van der Waals surface area contributed by atoms with Gasteiger partial charge in [-0.05, 0) is 24.5 Å². The van der Waals surface area contributed by atoms with Gasteiger partial charge in [-0.15, -0.1) is 0 Å². The minimum Gasteiger partial charge on any atom is -0.326 e. The smallest absolute Gasteiger partial charge is 0.157 e. The predicted molar refractivity (Wildman–Crippen MR) is 66.7 cm³/mol. The quantitative estimate of drug-likeness (QED) is 0.856. The Kier molecular flexibility index (Phi) is 4.50. The van der Waals surface area contributed by atoms with Gasteiger partial charge >= 0.3 is 0 Å². The van der Waals surface area contributed by atoms with Crippen LogP contribution in [0.1, 0.15) is 31.4 Å². The summed E-state index contributed by atoms with van der Waals surface area (Å²) in [5, 5.41) is -0.276.